The molecule has 182 valence electrons. The zero-order valence-electron chi connectivity index (χ0n) is 18.9. The first-order valence-electron chi connectivity index (χ1n) is 10.4. The van der Waals surface area contributed by atoms with Crippen LogP contribution in [0.25, 0.3) is 0 Å². The second kappa shape index (κ2) is 10.6. The molecule has 34 heavy (non-hydrogen) atoms. The fraction of sp³-hybridized carbons (Fsp3) is 0.455. The van der Waals surface area contributed by atoms with Crippen LogP contribution in [-0.2, 0) is 33.4 Å². The lowest BCUT2D eigenvalue weighted by Crippen LogP contribution is -2.33. The van der Waals surface area contributed by atoms with Crippen LogP contribution in [0, 0.1) is 18.8 Å². The van der Waals surface area contributed by atoms with Gasteiger partial charge >= 0.3 is 17.9 Å². The Bertz CT molecular complexity index is 1050. The largest absolute Gasteiger partial charge is 0.465 e. The Kier molecular flexibility index (Phi) is 7.82. The number of rotatable bonds is 8. The van der Waals surface area contributed by atoms with Gasteiger partial charge in [0.25, 0.3) is 5.91 Å². The van der Waals surface area contributed by atoms with Crippen molar-refractivity contribution in [1.29, 1.82) is 0 Å². The van der Waals surface area contributed by atoms with Gasteiger partial charge in [0.2, 0.25) is 11.8 Å². The van der Waals surface area contributed by atoms with Gasteiger partial charge in [-0.2, -0.15) is 0 Å². The Morgan fingerprint density at radius 3 is 2.18 bits per heavy atom. The second-order valence-corrected chi connectivity index (χ2v) is 8.71. The predicted octanol–water partition coefficient (Wildman–Crippen LogP) is 1.45. The zero-order chi connectivity index (χ0) is 25.0. The number of hydrogen-bond donors (Lipinski definition) is 1. The first-order valence-corrected chi connectivity index (χ1v) is 11.3. The van der Waals surface area contributed by atoms with Crippen molar-refractivity contribution in [3.63, 3.8) is 0 Å². The molecule has 2 atom stereocenters. The predicted molar refractivity (Wildman–Crippen MR) is 118 cm³/mol. The molecule has 3 amide bonds. The molecule has 1 aromatic heterocycles. The number of allylic oxidation sites excluding steroid dienone is 2. The van der Waals surface area contributed by atoms with Crippen LogP contribution < -0.4 is 5.32 Å². The molecule has 2 aliphatic rings. The highest BCUT2D eigenvalue weighted by molar-refractivity contribution is 7.18. The highest BCUT2D eigenvalue weighted by Gasteiger charge is 2.47. The van der Waals surface area contributed by atoms with Crippen molar-refractivity contribution in [2.24, 2.45) is 11.8 Å². The summed E-state index contributed by atoms with van der Waals surface area (Å²) in [7, 11) is 2.34. The molecular formula is C22H24N2O9S. The fourth-order valence-electron chi connectivity index (χ4n) is 3.91. The van der Waals surface area contributed by atoms with E-state index in [2.05, 4.69) is 10.1 Å². The third-order valence-corrected chi connectivity index (χ3v) is 6.85. The minimum Gasteiger partial charge on any atom is -0.465 e. The molecule has 1 fully saturated rings. The molecule has 1 aromatic rings. The SMILES string of the molecule is COC(=O)c1sc(NC(=O)COC(=O)CCN2C(=O)[C@H]3CC=CC[C@@H]3C2=O)c(C(=O)OC)c1C. The van der Waals surface area contributed by atoms with E-state index >= 15 is 0 Å². The first-order chi connectivity index (χ1) is 16.2. The number of methoxy groups -OCH3 is 2. The minimum absolute atomic E-state index is 0.00501. The molecule has 0 saturated carbocycles. The molecule has 1 aliphatic carbocycles. The van der Waals surface area contributed by atoms with E-state index in [0.717, 1.165) is 23.3 Å². The van der Waals surface area contributed by atoms with Gasteiger partial charge in [0.1, 0.15) is 9.88 Å². The van der Waals surface area contributed by atoms with Crippen molar-refractivity contribution >= 4 is 52.0 Å². The molecule has 2 heterocycles. The molecule has 0 spiro atoms. The van der Waals surface area contributed by atoms with Gasteiger partial charge in [0.05, 0.1) is 38.0 Å². The number of nitrogens with one attached hydrogen (secondary N) is 1. The Labute approximate surface area is 199 Å². The summed E-state index contributed by atoms with van der Waals surface area (Å²) in [6.07, 6.45) is 4.50. The van der Waals surface area contributed by atoms with Crippen LogP contribution in [0.2, 0.25) is 0 Å². The van der Waals surface area contributed by atoms with E-state index in [4.69, 9.17) is 9.47 Å². The molecule has 3 rings (SSSR count). The molecule has 0 unspecified atom stereocenters. The number of carbonyl (C=O) groups excluding carboxylic acids is 6. The quantitative estimate of drug-likeness (QED) is 0.247. The molecule has 1 N–H and O–H groups in total. The monoisotopic (exact) mass is 492 g/mol. The zero-order valence-corrected chi connectivity index (χ0v) is 19.7. The summed E-state index contributed by atoms with van der Waals surface area (Å²) >= 11 is 0.828. The van der Waals surface area contributed by atoms with Gasteiger partial charge in [-0.15, -0.1) is 11.3 Å². The van der Waals surface area contributed by atoms with Gasteiger partial charge < -0.3 is 19.5 Å². The van der Waals surface area contributed by atoms with E-state index in [1.54, 1.807) is 0 Å². The number of likely N-dealkylation sites (tertiary alicyclic amines) is 1. The number of nitrogens with zero attached hydrogens (tertiary/aromatic N) is 1. The summed E-state index contributed by atoms with van der Waals surface area (Å²) in [4.78, 5) is 74.5. The molecule has 1 saturated heterocycles. The van der Waals surface area contributed by atoms with Crippen molar-refractivity contribution < 1.29 is 43.0 Å². The summed E-state index contributed by atoms with van der Waals surface area (Å²) in [5.74, 6) is -4.31. The number of esters is 3. The van der Waals surface area contributed by atoms with Crippen LogP contribution in [0.1, 0.15) is 44.9 Å². The van der Waals surface area contributed by atoms with Gasteiger partial charge in [-0.05, 0) is 25.3 Å². The van der Waals surface area contributed by atoms with Crippen molar-refractivity contribution in [2.75, 3.05) is 32.7 Å². The second-order valence-electron chi connectivity index (χ2n) is 7.69. The third-order valence-electron chi connectivity index (χ3n) is 5.66. The van der Waals surface area contributed by atoms with Crippen molar-refractivity contribution in [1.82, 2.24) is 4.90 Å². The maximum atomic E-state index is 12.4. The lowest BCUT2D eigenvalue weighted by atomic mass is 9.85. The number of fused-ring (bicyclic) bond motifs is 1. The van der Waals surface area contributed by atoms with Crippen LogP contribution >= 0.6 is 11.3 Å². The van der Waals surface area contributed by atoms with E-state index in [9.17, 15) is 28.8 Å². The smallest absolute Gasteiger partial charge is 0.348 e. The lowest BCUT2D eigenvalue weighted by molar-refractivity contribution is -0.148. The van der Waals surface area contributed by atoms with Crippen LogP contribution in [0.15, 0.2) is 12.2 Å². The van der Waals surface area contributed by atoms with E-state index in [1.165, 1.54) is 14.0 Å². The molecule has 1 aliphatic heterocycles. The van der Waals surface area contributed by atoms with Crippen LogP contribution in [0.4, 0.5) is 5.00 Å². The van der Waals surface area contributed by atoms with Gasteiger partial charge in [-0.25, -0.2) is 9.59 Å². The number of amides is 3. The number of carbonyl (C=O) groups is 6. The molecule has 12 heteroatoms. The fourth-order valence-corrected chi connectivity index (χ4v) is 5.04. The van der Waals surface area contributed by atoms with Gasteiger partial charge in [0, 0.05) is 6.54 Å². The first kappa shape index (κ1) is 25.1. The maximum absolute atomic E-state index is 12.4. The molecular weight excluding hydrogens is 468 g/mol. The summed E-state index contributed by atoms with van der Waals surface area (Å²) in [6, 6.07) is 0. The molecule has 11 nitrogen and oxygen atoms in total. The highest BCUT2D eigenvalue weighted by Crippen LogP contribution is 2.35. The summed E-state index contributed by atoms with van der Waals surface area (Å²) in [6.45, 7) is 0.725. The third kappa shape index (κ3) is 5.01. The van der Waals surface area contributed by atoms with Crippen LogP contribution in [0.5, 0.6) is 0 Å². The molecule has 0 radical (unpaired) electrons. The minimum atomic E-state index is -0.769. The van der Waals surface area contributed by atoms with Crippen molar-refractivity contribution in [2.45, 2.75) is 26.2 Å². The molecule has 0 bridgehead atoms. The van der Waals surface area contributed by atoms with Gasteiger partial charge in [-0.3, -0.25) is 24.1 Å². The van der Waals surface area contributed by atoms with Gasteiger partial charge in [0.15, 0.2) is 6.61 Å². The standard InChI is InChI=1S/C22H24N2O9S/c1-11-16(21(29)31-2)18(34-17(11)22(30)32-3)23-14(25)10-33-15(26)8-9-24-19(27)12-6-4-5-7-13(12)20(24)28/h4-5,12-13H,6-10H2,1-3H3,(H,23,25)/t12-,13-/m0/s1. The topological polar surface area (TPSA) is 145 Å². The highest BCUT2D eigenvalue weighted by atomic mass is 32.1. The Hall–Kier alpha value is -3.54. The molecule has 0 aromatic carbocycles. The Morgan fingerprint density at radius 2 is 1.62 bits per heavy atom. The number of ether oxygens (including phenoxy) is 3. The average molecular weight is 493 g/mol. The van der Waals surface area contributed by atoms with E-state index in [-0.39, 0.29) is 57.6 Å². The van der Waals surface area contributed by atoms with E-state index in [1.807, 2.05) is 12.2 Å². The van der Waals surface area contributed by atoms with Crippen LogP contribution in [-0.4, -0.2) is 67.9 Å². The summed E-state index contributed by atoms with van der Waals surface area (Å²) < 4.78 is 14.3. The number of thiophene rings is 1. The average Bonchev–Trinajstić information content (AvgIpc) is 3.28. The Morgan fingerprint density at radius 1 is 1.03 bits per heavy atom. The normalized spacial score (nSPS) is 19.0. The summed E-state index contributed by atoms with van der Waals surface area (Å²) in [5, 5.41) is 2.49. The maximum Gasteiger partial charge on any atom is 0.348 e. The van der Waals surface area contributed by atoms with E-state index < -0.39 is 30.4 Å². The summed E-state index contributed by atoms with van der Waals surface area (Å²) in [5.41, 5.74) is 0.279. The van der Waals surface area contributed by atoms with Gasteiger partial charge in [-0.1, -0.05) is 12.2 Å². The number of hydrogen-bond acceptors (Lipinski definition) is 10. The van der Waals surface area contributed by atoms with Crippen molar-refractivity contribution in [3.8, 4) is 0 Å². The van der Waals surface area contributed by atoms with E-state index in [0.29, 0.717) is 12.8 Å². The van der Waals surface area contributed by atoms with Crippen molar-refractivity contribution in [3.05, 3.63) is 28.2 Å². The number of anilines is 1. The lowest BCUT2D eigenvalue weighted by Gasteiger charge is -2.14. The van der Waals surface area contributed by atoms with Crippen LogP contribution in [0.3, 0.4) is 0 Å². The Balaban J connectivity index is 1.55. The number of imide groups is 1.